The molecule has 0 bridgehead atoms. The molecule has 0 heterocycles. The Morgan fingerprint density at radius 3 is 2.37 bits per heavy atom. The molecule has 0 amide bonds. The van der Waals surface area contributed by atoms with Crippen molar-refractivity contribution in [3.05, 3.63) is 23.8 Å². The lowest BCUT2D eigenvalue weighted by atomic mass is 9.97. The van der Waals surface area contributed by atoms with Gasteiger partial charge in [-0.1, -0.05) is 19.9 Å². The van der Waals surface area contributed by atoms with Crippen molar-refractivity contribution in [3.63, 3.8) is 0 Å². The molecule has 1 rings (SSSR count). The van der Waals surface area contributed by atoms with Gasteiger partial charge in [-0.25, -0.2) is 0 Å². The van der Waals surface area contributed by atoms with Gasteiger partial charge in [0.2, 0.25) is 0 Å². The summed E-state index contributed by atoms with van der Waals surface area (Å²) in [4.78, 5) is 0. The largest absolute Gasteiger partial charge is 0.573 e. The number of nitrogens with two attached hydrogens (primary N) is 1. The molecule has 0 aliphatic heterocycles. The van der Waals surface area contributed by atoms with Crippen molar-refractivity contribution in [2.45, 2.75) is 32.7 Å². The third-order valence-electron chi connectivity index (χ3n) is 2.56. The molecular formula is C13H18F3NO2. The van der Waals surface area contributed by atoms with Crippen molar-refractivity contribution in [2.75, 3.05) is 7.11 Å². The van der Waals surface area contributed by atoms with Crippen LogP contribution >= 0.6 is 0 Å². The molecule has 0 saturated carbocycles. The maximum atomic E-state index is 12.1. The molecule has 0 aromatic heterocycles. The number of halogens is 3. The number of ether oxygens (including phenoxy) is 2. The highest BCUT2D eigenvalue weighted by Gasteiger charge is 2.31. The molecule has 0 aliphatic rings. The Hall–Kier alpha value is -1.43. The van der Waals surface area contributed by atoms with Crippen molar-refractivity contribution in [1.82, 2.24) is 0 Å². The summed E-state index contributed by atoms with van der Waals surface area (Å²) in [6.07, 6.45) is -4.00. The second kappa shape index (κ2) is 6.14. The average Bonchev–Trinajstić information content (AvgIpc) is 2.25. The van der Waals surface area contributed by atoms with Gasteiger partial charge < -0.3 is 15.2 Å². The van der Waals surface area contributed by atoms with E-state index >= 15 is 0 Å². The van der Waals surface area contributed by atoms with E-state index in [4.69, 9.17) is 10.5 Å². The van der Waals surface area contributed by atoms with Gasteiger partial charge in [0.25, 0.3) is 0 Å². The average molecular weight is 277 g/mol. The van der Waals surface area contributed by atoms with Crippen LogP contribution < -0.4 is 15.2 Å². The Morgan fingerprint density at radius 1 is 1.26 bits per heavy atom. The quantitative estimate of drug-likeness (QED) is 0.893. The lowest BCUT2D eigenvalue weighted by molar-refractivity contribution is -0.274. The molecule has 3 nitrogen and oxygen atoms in total. The first-order valence-electron chi connectivity index (χ1n) is 5.92. The molecule has 6 heteroatoms. The van der Waals surface area contributed by atoms with E-state index in [9.17, 15) is 13.2 Å². The van der Waals surface area contributed by atoms with Gasteiger partial charge in [-0.2, -0.15) is 0 Å². The highest BCUT2D eigenvalue weighted by Crippen LogP contribution is 2.33. The van der Waals surface area contributed by atoms with Crippen LogP contribution in [0.1, 0.15) is 31.9 Å². The molecule has 2 N–H and O–H groups in total. The zero-order valence-electron chi connectivity index (χ0n) is 11.1. The standard InChI is InChI=1S/C13H18F3NO2/c1-8(2)6-11(17)10-5-4-9(7-12(10)18-3)19-13(14,15)16/h4-5,7-8,11H,6,17H2,1-3H3/t11-/m0/s1. The molecule has 1 atom stereocenters. The zero-order valence-corrected chi connectivity index (χ0v) is 11.1. The minimum absolute atomic E-state index is 0.283. The molecular weight excluding hydrogens is 259 g/mol. The fourth-order valence-corrected chi connectivity index (χ4v) is 1.83. The van der Waals surface area contributed by atoms with E-state index in [0.29, 0.717) is 17.2 Å². The van der Waals surface area contributed by atoms with Gasteiger partial charge in [0, 0.05) is 17.7 Å². The van der Waals surface area contributed by atoms with E-state index in [1.807, 2.05) is 13.8 Å². The summed E-state index contributed by atoms with van der Waals surface area (Å²) < 4.78 is 45.3. The first kappa shape index (κ1) is 15.6. The molecule has 0 radical (unpaired) electrons. The third kappa shape index (κ3) is 4.98. The number of rotatable bonds is 5. The number of methoxy groups -OCH3 is 1. The first-order chi connectivity index (χ1) is 8.73. The van der Waals surface area contributed by atoms with E-state index in [1.54, 1.807) is 0 Å². The molecule has 1 aromatic rings. The van der Waals surface area contributed by atoms with Crippen LogP contribution in [-0.4, -0.2) is 13.5 Å². The normalized spacial score (nSPS) is 13.5. The monoisotopic (exact) mass is 277 g/mol. The van der Waals surface area contributed by atoms with Gasteiger partial charge in [0.05, 0.1) is 7.11 Å². The summed E-state index contributed by atoms with van der Waals surface area (Å²) in [5.41, 5.74) is 6.68. The van der Waals surface area contributed by atoms with Crippen molar-refractivity contribution >= 4 is 0 Å². The fraction of sp³-hybridized carbons (Fsp3) is 0.538. The second-order valence-corrected chi connectivity index (χ2v) is 4.69. The van der Waals surface area contributed by atoms with Crippen LogP contribution in [0.2, 0.25) is 0 Å². The van der Waals surface area contributed by atoms with Gasteiger partial charge >= 0.3 is 6.36 Å². The summed E-state index contributed by atoms with van der Waals surface area (Å²) in [6, 6.07) is 3.66. The van der Waals surface area contributed by atoms with E-state index in [2.05, 4.69) is 4.74 Å². The fourth-order valence-electron chi connectivity index (χ4n) is 1.83. The maximum Gasteiger partial charge on any atom is 0.573 e. The van der Waals surface area contributed by atoms with Crippen LogP contribution in [0.25, 0.3) is 0 Å². The molecule has 108 valence electrons. The summed E-state index contributed by atoms with van der Waals surface area (Å²) in [7, 11) is 1.39. The van der Waals surface area contributed by atoms with Crippen molar-refractivity contribution in [3.8, 4) is 11.5 Å². The predicted molar refractivity (Wildman–Crippen MR) is 66.1 cm³/mol. The lowest BCUT2D eigenvalue weighted by Crippen LogP contribution is -2.18. The number of hydrogen-bond donors (Lipinski definition) is 1. The van der Waals surface area contributed by atoms with Crippen molar-refractivity contribution in [2.24, 2.45) is 11.7 Å². The lowest BCUT2D eigenvalue weighted by Gasteiger charge is -2.18. The van der Waals surface area contributed by atoms with E-state index < -0.39 is 6.36 Å². The molecule has 0 saturated heterocycles. The second-order valence-electron chi connectivity index (χ2n) is 4.69. The van der Waals surface area contributed by atoms with Gasteiger partial charge in [0.15, 0.2) is 0 Å². The minimum Gasteiger partial charge on any atom is -0.496 e. The molecule has 0 fully saturated rings. The van der Waals surface area contributed by atoms with Gasteiger partial charge in [0.1, 0.15) is 11.5 Å². The van der Waals surface area contributed by atoms with Gasteiger partial charge in [-0.05, 0) is 18.4 Å². The zero-order chi connectivity index (χ0) is 14.6. The predicted octanol–water partition coefficient (Wildman–Crippen LogP) is 3.64. The summed E-state index contributed by atoms with van der Waals surface area (Å²) in [6.45, 7) is 4.04. The molecule has 1 aromatic carbocycles. The summed E-state index contributed by atoms with van der Waals surface area (Å²) >= 11 is 0. The van der Waals surface area contributed by atoms with Crippen molar-refractivity contribution in [1.29, 1.82) is 0 Å². The minimum atomic E-state index is -4.72. The van der Waals surface area contributed by atoms with E-state index in [-0.39, 0.29) is 11.8 Å². The maximum absolute atomic E-state index is 12.1. The van der Waals surface area contributed by atoms with Crippen LogP contribution in [0, 0.1) is 5.92 Å². The highest BCUT2D eigenvalue weighted by atomic mass is 19.4. The van der Waals surface area contributed by atoms with E-state index in [0.717, 1.165) is 6.42 Å². The summed E-state index contributed by atoms with van der Waals surface area (Å²) in [5, 5.41) is 0. The van der Waals surface area contributed by atoms with Crippen LogP contribution in [0.5, 0.6) is 11.5 Å². The summed E-state index contributed by atoms with van der Waals surface area (Å²) in [5.74, 6) is 0.366. The van der Waals surface area contributed by atoms with Crippen molar-refractivity contribution < 1.29 is 22.6 Å². The SMILES string of the molecule is COc1cc(OC(F)(F)F)ccc1[C@@H](N)CC(C)C. The van der Waals surface area contributed by atoms with Crippen LogP contribution in [0.15, 0.2) is 18.2 Å². The van der Waals surface area contributed by atoms with Crippen LogP contribution in [-0.2, 0) is 0 Å². The van der Waals surface area contributed by atoms with Gasteiger partial charge in [-0.15, -0.1) is 13.2 Å². The Labute approximate surface area is 110 Å². The highest BCUT2D eigenvalue weighted by molar-refractivity contribution is 5.42. The Morgan fingerprint density at radius 2 is 1.89 bits per heavy atom. The smallest absolute Gasteiger partial charge is 0.496 e. The molecule has 19 heavy (non-hydrogen) atoms. The van der Waals surface area contributed by atoms with Gasteiger partial charge in [-0.3, -0.25) is 0 Å². The first-order valence-corrected chi connectivity index (χ1v) is 5.92. The Kier molecular flexibility index (Phi) is 5.05. The molecule has 0 aliphatic carbocycles. The number of alkyl halides is 3. The Bertz CT molecular complexity index is 419. The molecule has 0 spiro atoms. The molecule has 0 unspecified atom stereocenters. The third-order valence-corrected chi connectivity index (χ3v) is 2.56. The topological polar surface area (TPSA) is 44.5 Å². The number of hydrogen-bond acceptors (Lipinski definition) is 3. The van der Waals surface area contributed by atoms with Crippen LogP contribution in [0.3, 0.4) is 0 Å². The Balaban J connectivity index is 2.96. The number of benzene rings is 1. The van der Waals surface area contributed by atoms with Crippen LogP contribution in [0.4, 0.5) is 13.2 Å². The van der Waals surface area contributed by atoms with E-state index in [1.165, 1.54) is 25.3 Å².